The van der Waals surface area contributed by atoms with Gasteiger partial charge in [-0.2, -0.15) is 0 Å². The number of thioether (sulfide) groups is 1. The van der Waals surface area contributed by atoms with Gasteiger partial charge in [0.2, 0.25) is 5.91 Å². The Bertz CT molecular complexity index is 1060. The highest BCUT2D eigenvalue weighted by Gasteiger charge is 2.15. The molecule has 30 heavy (non-hydrogen) atoms. The van der Waals surface area contributed by atoms with E-state index in [0.717, 1.165) is 0 Å². The topological polar surface area (TPSA) is 69.0 Å². The summed E-state index contributed by atoms with van der Waals surface area (Å²) in [7, 11) is 0. The Labute approximate surface area is 187 Å². The molecule has 6 nitrogen and oxygen atoms in total. The Morgan fingerprint density at radius 1 is 1.23 bits per heavy atom. The first kappa shape index (κ1) is 22.1. The van der Waals surface area contributed by atoms with Gasteiger partial charge in [-0.1, -0.05) is 53.2 Å². The highest BCUT2D eigenvalue weighted by Crippen LogP contribution is 2.26. The van der Waals surface area contributed by atoms with Crippen LogP contribution in [0.25, 0.3) is 0 Å². The van der Waals surface area contributed by atoms with Crippen molar-refractivity contribution in [1.29, 1.82) is 0 Å². The van der Waals surface area contributed by atoms with Gasteiger partial charge in [0, 0.05) is 6.54 Å². The fraction of sp³-hybridized carbons (Fsp3) is 0.150. The monoisotopic (exact) mass is 466 g/mol. The molecule has 1 heterocycles. The summed E-state index contributed by atoms with van der Waals surface area (Å²) in [5.74, 6) is 0.294. The standard InChI is InChI=1S/C20H17Cl2FN4O2S/c1-2-9-27-18(11-29-17-8-7-13(23)10-15(17)22)25-26-20(27)30-12-19(28)24-16-6-4-3-5-14(16)21/h2-8,10H,1,9,11-12H2,(H,24,28). The van der Waals surface area contributed by atoms with Crippen LogP contribution in [0.5, 0.6) is 5.75 Å². The van der Waals surface area contributed by atoms with Crippen LogP contribution in [-0.4, -0.2) is 26.4 Å². The van der Waals surface area contributed by atoms with Crippen LogP contribution in [-0.2, 0) is 17.9 Å². The summed E-state index contributed by atoms with van der Waals surface area (Å²) in [5, 5.41) is 12.2. The van der Waals surface area contributed by atoms with Crippen LogP contribution in [0.1, 0.15) is 5.82 Å². The molecule has 1 amide bonds. The van der Waals surface area contributed by atoms with Gasteiger partial charge in [-0.15, -0.1) is 16.8 Å². The number of allylic oxidation sites excluding steroid dienone is 1. The number of benzene rings is 2. The number of amides is 1. The van der Waals surface area contributed by atoms with Gasteiger partial charge in [0.25, 0.3) is 0 Å². The normalized spacial score (nSPS) is 10.6. The fourth-order valence-corrected chi connectivity index (χ4v) is 3.63. The van der Waals surface area contributed by atoms with E-state index in [1.54, 1.807) is 34.9 Å². The molecular formula is C20H17Cl2FN4O2S. The molecule has 0 unspecified atom stereocenters. The van der Waals surface area contributed by atoms with Crippen molar-refractivity contribution in [2.45, 2.75) is 18.3 Å². The van der Waals surface area contributed by atoms with E-state index in [0.29, 0.717) is 34.0 Å². The van der Waals surface area contributed by atoms with Gasteiger partial charge in [0.1, 0.15) is 18.2 Å². The van der Waals surface area contributed by atoms with Crippen LogP contribution in [0.4, 0.5) is 10.1 Å². The molecule has 156 valence electrons. The lowest BCUT2D eigenvalue weighted by Gasteiger charge is -2.10. The van der Waals surface area contributed by atoms with E-state index in [1.807, 2.05) is 0 Å². The molecule has 0 fully saturated rings. The third-order valence-corrected chi connectivity index (χ3v) is 5.43. The summed E-state index contributed by atoms with van der Waals surface area (Å²) in [5.41, 5.74) is 0.544. The van der Waals surface area contributed by atoms with Crippen LogP contribution in [0.15, 0.2) is 60.3 Å². The molecule has 0 aliphatic heterocycles. The summed E-state index contributed by atoms with van der Waals surface area (Å²) in [6, 6.07) is 10.9. The summed E-state index contributed by atoms with van der Waals surface area (Å²) in [4.78, 5) is 12.3. The van der Waals surface area contributed by atoms with Crippen molar-refractivity contribution in [2.75, 3.05) is 11.1 Å². The third kappa shape index (κ3) is 5.75. The van der Waals surface area contributed by atoms with Crippen LogP contribution in [0.3, 0.4) is 0 Å². The maximum Gasteiger partial charge on any atom is 0.234 e. The van der Waals surface area contributed by atoms with E-state index >= 15 is 0 Å². The van der Waals surface area contributed by atoms with Crippen LogP contribution < -0.4 is 10.1 Å². The summed E-state index contributed by atoms with van der Waals surface area (Å²) in [6.07, 6.45) is 1.69. The Morgan fingerprint density at radius 2 is 2.03 bits per heavy atom. The number of nitrogens with one attached hydrogen (secondary N) is 1. The average molecular weight is 467 g/mol. The predicted molar refractivity (Wildman–Crippen MR) is 117 cm³/mol. The Balaban J connectivity index is 1.64. The smallest absolute Gasteiger partial charge is 0.234 e. The van der Waals surface area contributed by atoms with Crippen LogP contribution >= 0.6 is 35.0 Å². The molecule has 1 aromatic heterocycles. The fourth-order valence-electron chi connectivity index (χ4n) is 2.46. The Morgan fingerprint density at radius 3 is 2.77 bits per heavy atom. The minimum absolute atomic E-state index is 0.0680. The average Bonchev–Trinajstić information content (AvgIpc) is 3.09. The molecule has 10 heteroatoms. The zero-order valence-corrected chi connectivity index (χ0v) is 18.0. The molecular weight excluding hydrogens is 450 g/mol. The third-order valence-electron chi connectivity index (χ3n) is 3.84. The summed E-state index contributed by atoms with van der Waals surface area (Å²) < 4.78 is 20.6. The molecule has 0 bridgehead atoms. The summed E-state index contributed by atoms with van der Waals surface area (Å²) in [6.45, 7) is 4.23. The van der Waals surface area contributed by atoms with Crippen molar-refractivity contribution >= 4 is 46.6 Å². The van der Waals surface area contributed by atoms with E-state index in [4.69, 9.17) is 27.9 Å². The van der Waals surface area contributed by atoms with Crippen molar-refractivity contribution < 1.29 is 13.9 Å². The lowest BCUT2D eigenvalue weighted by atomic mass is 10.3. The first-order valence-electron chi connectivity index (χ1n) is 8.76. The number of anilines is 1. The van der Waals surface area contributed by atoms with Gasteiger partial charge < -0.3 is 10.1 Å². The van der Waals surface area contributed by atoms with Crippen molar-refractivity contribution in [3.63, 3.8) is 0 Å². The van der Waals surface area contributed by atoms with Crippen LogP contribution in [0, 0.1) is 5.82 Å². The Kier molecular flexibility index (Phi) is 7.73. The number of hydrogen-bond donors (Lipinski definition) is 1. The number of hydrogen-bond acceptors (Lipinski definition) is 5. The SMILES string of the molecule is C=CCn1c(COc2ccc(F)cc2Cl)nnc1SCC(=O)Nc1ccccc1Cl. The van der Waals surface area contributed by atoms with Crippen molar-refractivity contribution in [1.82, 2.24) is 14.8 Å². The number of para-hydroxylation sites is 1. The van der Waals surface area contributed by atoms with E-state index in [-0.39, 0.29) is 23.3 Å². The van der Waals surface area contributed by atoms with Gasteiger partial charge in [-0.25, -0.2) is 4.39 Å². The van der Waals surface area contributed by atoms with E-state index in [9.17, 15) is 9.18 Å². The maximum atomic E-state index is 13.2. The highest BCUT2D eigenvalue weighted by molar-refractivity contribution is 7.99. The number of carbonyl (C=O) groups excluding carboxylic acids is 1. The van der Waals surface area contributed by atoms with Gasteiger partial charge in [0.05, 0.1) is 21.5 Å². The molecule has 0 spiro atoms. The molecule has 0 atom stereocenters. The number of aromatic nitrogens is 3. The molecule has 3 aromatic rings. The van der Waals surface area contributed by atoms with Crippen molar-refractivity contribution in [2.24, 2.45) is 0 Å². The lowest BCUT2D eigenvalue weighted by molar-refractivity contribution is -0.113. The quantitative estimate of drug-likeness (QED) is 0.345. The molecule has 3 rings (SSSR count). The molecule has 0 radical (unpaired) electrons. The van der Waals surface area contributed by atoms with Gasteiger partial charge in [-0.3, -0.25) is 9.36 Å². The lowest BCUT2D eigenvalue weighted by Crippen LogP contribution is -2.15. The molecule has 0 aliphatic rings. The number of nitrogens with zero attached hydrogens (tertiary/aromatic N) is 3. The second kappa shape index (κ2) is 10.5. The molecule has 1 N–H and O–H groups in total. The van der Waals surface area contributed by atoms with Crippen LogP contribution in [0.2, 0.25) is 10.0 Å². The van der Waals surface area contributed by atoms with Gasteiger partial charge >= 0.3 is 0 Å². The highest BCUT2D eigenvalue weighted by atomic mass is 35.5. The van der Waals surface area contributed by atoms with Gasteiger partial charge in [0.15, 0.2) is 11.0 Å². The second-order valence-electron chi connectivity index (χ2n) is 5.98. The second-order valence-corrected chi connectivity index (χ2v) is 7.74. The number of halogens is 3. The molecule has 0 saturated carbocycles. The largest absolute Gasteiger partial charge is 0.484 e. The van der Waals surface area contributed by atoms with Crippen molar-refractivity contribution in [3.8, 4) is 5.75 Å². The first-order chi connectivity index (χ1) is 14.5. The van der Waals surface area contributed by atoms with E-state index in [1.165, 1.54) is 30.0 Å². The Hall–Kier alpha value is -2.55. The minimum atomic E-state index is -0.448. The molecule has 0 aliphatic carbocycles. The number of rotatable bonds is 9. The van der Waals surface area contributed by atoms with E-state index < -0.39 is 5.82 Å². The molecule has 2 aromatic carbocycles. The number of carbonyl (C=O) groups is 1. The van der Waals surface area contributed by atoms with Gasteiger partial charge in [-0.05, 0) is 30.3 Å². The van der Waals surface area contributed by atoms with Crippen molar-refractivity contribution in [3.05, 3.63) is 76.8 Å². The zero-order chi connectivity index (χ0) is 21.5. The van der Waals surface area contributed by atoms with E-state index in [2.05, 4.69) is 22.1 Å². The maximum absolute atomic E-state index is 13.2. The zero-order valence-electron chi connectivity index (χ0n) is 15.6. The first-order valence-corrected chi connectivity index (χ1v) is 10.5. The minimum Gasteiger partial charge on any atom is -0.484 e. The predicted octanol–water partition coefficient (Wildman–Crippen LogP) is 5.22. The number of ether oxygens (including phenoxy) is 1. The molecule has 0 saturated heterocycles. The summed E-state index contributed by atoms with van der Waals surface area (Å²) >= 11 is 13.3.